The van der Waals surface area contributed by atoms with E-state index < -0.39 is 22.6 Å². The van der Waals surface area contributed by atoms with Gasteiger partial charge in [0.1, 0.15) is 0 Å². The van der Waals surface area contributed by atoms with Crippen LogP contribution in [0.2, 0.25) is 0 Å². The van der Waals surface area contributed by atoms with Crippen LogP contribution in [-0.2, 0) is 30.9 Å². The molecule has 9 nitrogen and oxygen atoms in total. The summed E-state index contributed by atoms with van der Waals surface area (Å²) in [5.74, 6) is -1.29. The van der Waals surface area contributed by atoms with Gasteiger partial charge in [0.25, 0.3) is 0 Å². The van der Waals surface area contributed by atoms with E-state index in [1.165, 1.54) is 31.2 Å². The molecular formula is C22H27N3O6S. The lowest BCUT2D eigenvalue weighted by atomic mass is 10.1. The molecule has 1 aromatic carbocycles. The number of aryl methyl sites for hydroxylation is 1. The van der Waals surface area contributed by atoms with Crippen molar-refractivity contribution in [1.29, 1.82) is 0 Å². The molecule has 0 radical (unpaired) electrons. The molecule has 0 saturated heterocycles. The standard InChI is InChI=1S/C22H27N3O6S/c1-5-12-25-15(2)13-20(16(25)3)21(27)14-31-22(28)10-11-23-32(29,30)19-8-6-18(7-9-19)24-17(4)26/h5-9,13,23H,1,10-12,14H2,2-4H3,(H,24,26). The van der Waals surface area contributed by atoms with Gasteiger partial charge in [-0.15, -0.1) is 6.58 Å². The number of carbonyl (C=O) groups is 3. The van der Waals surface area contributed by atoms with Crippen molar-refractivity contribution in [2.45, 2.75) is 38.6 Å². The number of aromatic nitrogens is 1. The average Bonchev–Trinajstić information content (AvgIpc) is 3.00. The summed E-state index contributed by atoms with van der Waals surface area (Å²) in [7, 11) is -3.84. The van der Waals surface area contributed by atoms with Gasteiger partial charge < -0.3 is 14.6 Å². The summed E-state index contributed by atoms with van der Waals surface area (Å²) in [5.41, 5.74) is 2.60. The van der Waals surface area contributed by atoms with Crippen LogP contribution in [0.25, 0.3) is 0 Å². The summed E-state index contributed by atoms with van der Waals surface area (Å²) in [4.78, 5) is 35.4. The molecule has 172 valence electrons. The van der Waals surface area contributed by atoms with Crippen molar-refractivity contribution in [3.63, 3.8) is 0 Å². The smallest absolute Gasteiger partial charge is 0.307 e. The van der Waals surface area contributed by atoms with Crippen molar-refractivity contribution >= 4 is 33.4 Å². The van der Waals surface area contributed by atoms with Crippen molar-refractivity contribution in [3.05, 3.63) is 59.9 Å². The minimum Gasteiger partial charge on any atom is -0.457 e. The van der Waals surface area contributed by atoms with E-state index in [-0.39, 0.29) is 29.6 Å². The number of allylic oxidation sites excluding steroid dienone is 1. The highest BCUT2D eigenvalue weighted by Gasteiger charge is 2.18. The molecule has 0 aliphatic carbocycles. The molecular weight excluding hydrogens is 434 g/mol. The van der Waals surface area contributed by atoms with Crippen molar-refractivity contribution in [2.75, 3.05) is 18.5 Å². The van der Waals surface area contributed by atoms with E-state index in [0.717, 1.165) is 11.4 Å². The SMILES string of the molecule is C=CCn1c(C)cc(C(=O)COC(=O)CCNS(=O)(=O)c2ccc(NC(C)=O)cc2)c1C. The van der Waals surface area contributed by atoms with Gasteiger partial charge in [-0.3, -0.25) is 14.4 Å². The largest absolute Gasteiger partial charge is 0.457 e. The first kappa shape index (κ1) is 25.0. The second-order valence-electron chi connectivity index (χ2n) is 7.12. The Kier molecular flexibility index (Phi) is 8.50. The van der Waals surface area contributed by atoms with Gasteiger partial charge in [0, 0.05) is 42.7 Å². The number of nitrogens with zero attached hydrogens (tertiary/aromatic N) is 1. The zero-order chi connectivity index (χ0) is 23.9. The van der Waals surface area contributed by atoms with E-state index >= 15 is 0 Å². The topological polar surface area (TPSA) is 124 Å². The summed E-state index contributed by atoms with van der Waals surface area (Å²) in [5, 5.41) is 2.54. The Hall–Kier alpha value is -3.24. The Morgan fingerprint density at radius 1 is 1.16 bits per heavy atom. The van der Waals surface area contributed by atoms with Crippen LogP contribution in [0.1, 0.15) is 35.1 Å². The van der Waals surface area contributed by atoms with E-state index in [2.05, 4.69) is 16.6 Å². The van der Waals surface area contributed by atoms with Crippen molar-refractivity contribution in [3.8, 4) is 0 Å². The van der Waals surface area contributed by atoms with Crippen LogP contribution in [0.4, 0.5) is 5.69 Å². The van der Waals surface area contributed by atoms with Gasteiger partial charge >= 0.3 is 5.97 Å². The molecule has 2 N–H and O–H groups in total. The molecule has 2 rings (SSSR count). The summed E-state index contributed by atoms with van der Waals surface area (Å²) in [6, 6.07) is 7.34. The molecule has 32 heavy (non-hydrogen) atoms. The molecule has 0 spiro atoms. The second-order valence-corrected chi connectivity index (χ2v) is 8.89. The minimum absolute atomic E-state index is 0.00923. The van der Waals surface area contributed by atoms with Crippen LogP contribution in [-0.4, -0.2) is 43.8 Å². The van der Waals surface area contributed by atoms with Crippen LogP contribution >= 0.6 is 0 Å². The Labute approximate surface area is 187 Å². The van der Waals surface area contributed by atoms with Gasteiger partial charge in [-0.25, -0.2) is 13.1 Å². The Balaban J connectivity index is 1.84. The maximum Gasteiger partial charge on any atom is 0.307 e. The third-order valence-electron chi connectivity index (χ3n) is 4.66. The fourth-order valence-electron chi connectivity index (χ4n) is 3.08. The maximum atomic E-state index is 12.4. The number of Topliss-reactive ketones (excluding diaryl/α,β-unsaturated/α-hetero) is 1. The number of hydrogen-bond acceptors (Lipinski definition) is 6. The lowest BCUT2D eigenvalue weighted by Gasteiger charge is -2.09. The third kappa shape index (κ3) is 6.63. The molecule has 0 fully saturated rings. The summed E-state index contributed by atoms with van der Waals surface area (Å²) >= 11 is 0. The molecule has 0 atom stereocenters. The molecule has 0 saturated carbocycles. The molecule has 0 bridgehead atoms. The van der Waals surface area contributed by atoms with Crippen LogP contribution < -0.4 is 10.0 Å². The number of benzene rings is 1. The van der Waals surface area contributed by atoms with Crippen LogP contribution in [0.15, 0.2) is 47.9 Å². The highest BCUT2D eigenvalue weighted by atomic mass is 32.2. The van der Waals surface area contributed by atoms with E-state index in [1.54, 1.807) is 12.1 Å². The number of nitrogens with one attached hydrogen (secondary N) is 2. The van der Waals surface area contributed by atoms with Crippen molar-refractivity contribution in [1.82, 2.24) is 9.29 Å². The van der Waals surface area contributed by atoms with Crippen molar-refractivity contribution in [2.24, 2.45) is 0 Å². The number of hydrogen-bond donors (Lipinski definition) is 2. The number of carbonyl (C=O) groups excluding carboxylic acids is 3. The lowest BCUT2D eigenvalue weighted by Crippen LogP contribution is -2.27. The molecule has 0 unspecified atom stereocenters. The number of ketones is 1. The maximum absolute atomic E-state index is 12.4. The Morgan fingerprint density at radius 3 is 2.41 bits per heavy atom. The molecule has 2 aromatic rings. The van der Waals surface area contributed by atoms with E-state index in [4.69, 9.17) is 4.74 Å². The molecule has 0 aliphatic rings. The fraction of sp³-hybridized carbons (Fsp3) is 0.318. The normalized spacial score (nSPS) is 11.1. The van der Waals surface area contributed by atoms with Gasteiger partial charge in [-0.1, -0.05) is 6.08 Å². The number of ether oxygens (including phenoxy) is 1. The van der Waals surface area contributed by atoms with E-state index in [9.17, 15) is 22.8 Å². The Bertz CT molecular complexity index is 1120. The summed E-state index contributed by atoms with van der Waals surface area (Å²) in [6.45, 7) is 8.69. The highest BCUT2D eigenvalue weighted by molar-refractivity contribution is 7.89. The second kappa shape index (κ2) is 10.9. The van der Waals surface area contributed by atoms with Crippen LogP contribution in [0, 0.1) is 13.8 Å². The first-order chi connectivity index (χ1) is 15.0. The van der Waals surface area contributed by atoms with Gasteiger partial charge in [-0.05, 0) is 44.2 Å². The number of anilines is 1. The Morgan fingerprint density at radius 2 is 1.81 bits per heavy atom. The van der Waals surface area contributed by atoms with E-state index in [0.29, 0.717) is 17.8 Å². The first-order valence-electron chi connectivity index (χ1n) is 9.89. The zero-order valence-corrected chi connectivity index (χ0v) is 19.1. The molecule has 1 heterocycles. The summed E-state index contributed by atoms with van der Waals surface area (Å²) < 4.78 is 33.9. The predicted molar refractivity (Wildman–Crippen MR) is 120 cm³/mol. The first-order valence-corrected chi connectivity index (χ1v) is 11.4. The number of sulfonamides is 1. The lowest BCUT2D eigenvalue weighted by molar-refractivity contribution is -0.142. The zero-order valence-electron chi connectivity index (χ0n) is 18.3. The van der Waals surface area contributed by atoms with Crippen LogP contribution in [0.3, 0.4) is 0 Å². The number of esters is 1. The molecule has 10 heteroatoms. The predicted octanol–water partition coefficient (Wildman–Crippen LogP) is 2.34. The average molecular weight is 462 g/mol. The van der Waals surface area contributed by atoms with E-state index in [1.807, 2.05) is 18.4 Å². The quantitative estimate of drug-likeness (QED) is 0.301. The van der Waals surface area contributed by atoms with Crippen LogP contribution in [0.5, 0.6) is 0 Å². The number of amides is 1. The molecule has 0 aliphatic heterocycles. The molecule has 1 amide bonds. The highest BCUT2D eigenvalue weighted by Crippen LogP contribution is 2.16. The number of rotatable bonds is 11. The van der Waals surface area contributed by atoms with Gasteiger partial charge in [0.05, 0.1) is 11.3 Å². The van der Waals surface area contributed by atoms with Gasteiger partial charge in [0.15, 0.2) is 6.61 Å². The summed E-state index contributed by atoms with van der Waals surface area (Å²) in [6.07, 6.45) is 1.50. The monoisotopic (exact) mass is 461 g/mol. The minimum atomic E-state index is -3.84. The van der Waals surface area contributed by atoms with Crippen molar-refractivity contribution < 1.29 is 27.5 Å². The van der Waals surface area contributed by atoms with Gasteiger partial charge in [-0.2, -0.15) is 0 Å². The van der Waals surface area contributed by atoms with Gasteiger partial charge in [0.2, 0.25) is 21.7 Å². The third-order valence-corrected chi connectivity index (χ3v) is 6.13. The fourth-order valence-corrected chi connectivity index (χ4v) is 4.11. The molecule has 1 aromatic heterocycles.